The Morgan fingerprint density at radius 2 is 1.70 bits per heavy atom. The fourth-order valence-electron chi connectivity index (χ4n) is 2.37. The molecule has 1 unspecified atom stereocenters. The Labute approximate surface area is 117 Å². The smallest absolute Gasteiger partial charge is 0.0765 e. The van der Waals surface area contributed by atoms with Crippen LogP contribution in [0.1, 0.15) is 11.6 Å². The van der Waals surface area contributed by atoms with Crippen LogP contribution in [-0.2, 0) is 0 Å². The van der Waals surface area contributed by atoms with Crippen LogP contribution in [-0.4, -0.2) is 16.7 Å². The number of nitrogens with zero attached hydrogens (tertiary/aromatic N) is 1. The molecule has 0 spiro atoms. The Balaban J connectivity index is 1.99. The van der Waals surface area contributed by atoms with E-state index in [0.29, 0.717) is 0 Å². The zero-order chi connectivity index (χ0) is 13.8. The quantitative estimate of drug-likeness (QED) is 0.759. The molecule has 1 atom stereocenters. The molecular weight excluding hydrogens is 248 g/mol. The van der Waals surface area contributed by atoms with Crippen molar-refractivity contribution in [1.82, 2.24) is 4.98 Å². The lowest BCUT2D eigenvalue weighted by Crippen LogP contribution is -2.15. The number of para-hydroxylation sites is 1. The molecule has 3 rings (SSSR count). The minimum absolute atomic E-state index is 0.0184. The summed E-state index contributed by atoms with van der Waals surface area (Å²) >= 11 is 0. The van der Waals surface area contributed by atoms with Crippen molar-refractivity contribution in [3.05, 3.63) is 72.6 Å². The summed E-state index contributed by atoms with van der Waals surface area (Å²) in [4.78, 5) is 4.27. The Morgan fingerprint density at radius 3 is 2.50 bits per heavy atom. The maximum absolute atomic E-state index is 9.71. The van der Waals surface area contributed by atoms with E-state index >= 15 is 0 Å². The number of aliphatic hydroxyl groups excluding tert-OH is 1. The average Bonchev–Trinajstić information content (AvgIpc) is 2.53. The fraction of sp³-hybridized carbons (Fsp3) is 0.118. The Kier molecular flexibility index (Phi) is 3.61. The lowest BCUT2D eigenvalue weighted by molar-refractivity contribution is 0.276. The van der Waals surface area contributed by atoms with Crippen molar-refractivity contribution in [3.8, 4) is 0 Å². The Morgan fingerprint density at radius 1 is 0.950 bits per heavy atom. The lowest BCUT2D eigenvalue weighted by Gasteiger charge is -2.19. The minimum Gasteiger partial charge on any atom is -0.394 e. The number of pyridine rings is 1. The van der Waals surface area contributed by atoms with E-state index in [-0.39, 0.29) is 12.6 Å². The van der Waals surface area contributed by atoms with Crippen LogP contribution >= 0.6 is 0 Å². The van der Waals surface area contributed by atoms with Gasteiger partial charge in [-0.25, -0.2) is 0 Å². The molecule has 2 aromatic carbocycles. The second kappa shape index (κ2) is 5.72. The van der Waals surface area contributed by atoms with E-state index in [9.17, 15) is 5.11 Å². The molecule has 0 saturated carbocycles. The summed E-state index contributed by atoms with van der Waals surface area (Å²) in [5.74, 6) is 0. The number of aliphatic hydroxyl groups is 1. The van der Waals surface area contributed by atoms with Crippen LogP contribution in [0.2, 0.25) is 0 Å². The zero-order valence-corrected chi connectivity index (χ0v) is 11.0. The van der Waals surface area contributed by atoms with Gasteiger partial charge in [0.05, 0.1) is 12.6 Å². The molecule has 100 valence electrons. The van der Waals surface area contributed by atoms with Gasteiger partial charge in [0.25, 0.3) is 0 Å². The van der Waals surface area contributed by atoms with Gasteiger partial charge >= 0.3 is 0 Å². The van der Waals surface area contributed by atoms with Crippen molar-refractivity contribution in [2.24, 2.45) is 0 Å². The van der Waals surface area contributed by atoms with E-state index < -0.39 is 0 Å². The van der Waals surface area contributed by atoms with Crippen LogP contribution in [0.3, 0.4) is 0 Å². The van der Waals surface area contributed by atoms with Crippen molar-refractivity contribution in [2.45, 2.75) is 6.04 Å². The Bertz CT molecular complexity index is 692. The number of hydrogen-bond donors (Lipinski definition) is 2. The van der Waals surface area contributed by atoms with E-state index in [0.717, 1.165) is 22.0 Å². The van der Waals surface area contributed by atoms with E-state index in [1.54, 1.807) is 0 Å². The highest BCUT2D eigenvalue weighted by molar-refractivity contribution is 5.85. The largest absolute Gasteiger partial charge is 0.394 e. The molecule has 0 radical (unpaired) electrons. The van der Waals surface area contributed by atoms with Crippen molar-refractivity contribution >= 4 is 16.5 Å². The summed E-state index contributed by atoms with van der Waals surface area (Å²) in [6.45, 7) is 0.0184. The number of benzene rings is 2. The van der Waals surface area contributed by atoms with Gasteiger partial charge < -0.3 is 10.4 Å². The van der Waals surface area contributed by atoms with Gasteiger partial charge in [-0.2, -0.15) is 0 Å². The van der Waals surface area contributed by atoms with E-state index in [1.165, 1.54) is 0 Å². The van der Waals surface area contributed by atoms with E-state index in [4.69, 9.17) is 0 Å². The Hall–Kier alpha value is -2.39. The first-order valence-corrected chi connectivity index (χ1v) is 6.63. The normalized spacial score (nSPS) is 12.2. The summed E-state index contributed by atoms with van der Waals surface area (Å²) in [5.41, 5.74) is 1.99. The molecule has 0 aliphatic rings. The number of fused-ring (bicyclic) bond motifs is 1. The molecule has 2 N–H and O–H groups in total. The fourth-order valence-corrected chi connectivity index (χ4v) is 2.37. The standard InChI is InChI=1S/C17H16N2O/c20-12-17(19-14-7-2-1-3-8-14)16-11-18-10-13-6-4-5-9-15(13)16/h1-11,17,19-20H,12H2. The molecule has 0 aliphatic carbocycles. The lowest BCUT2D eigenvalue weighted by atomic mass is 10.0. The SMILES string of the molecule is OCC(Nc1ccccc1)c1cncc2ccccc12. The predicted octanol–water partition coefficient (Wildman–Crippen LogP) is 3.38. The highest BCUT2D eigenvalue weighted by Crippen LogP contribution is 2.25. The highest BCUT2D eigenvalue weighted by Gasteiger charge is 2.13. The first kappa shape index (κ1) is 12.6. The number of nitrogens with one attached hydrogen (secondary N) is 1. The van der Waals surface area contributed by atoms with Crippen LogP contribution in [0.5, 0.6) is 0 Å². The summed E-state index contributed by atoms with van der Waals surface area (Å²) in [6, 6.07) is 17.8. The summed E-state index contributed by atoms with van der Waals surface area (Å²) in [5, 5.41) is 15.3. The summed E-state index contributed by atoms with van der Waals surface area (Å²) in [6.07, 6.45) is 3.66. The molecule has 0 amide bonds. The molecule has 0 fully saturated rings. The molecule has 3 nitrogen and oxygen atoms in total. The highest BCUT2D eigenvalue weighted by atomic mass is 16.3. The van der Waals surface area contributed by atoms with E-state index in [1.807, 2.05) is 60.9 Å². The maximum Gasteiger partial charge on any atom is 0.0765 e. The second-order valence-corrected chi connectivity index (χ2v) is 4.70. The number of rotatable bonds is 4. The van der Waals surface area contributed by atoms with Gasteiger partial charge in [-0.05, 0) is 17.5 Å². The predicted molar refractivity (Wildman–Crippen MR) is 81.6 cm³/mol. The summed E-state index contributed by atoms with van der Waals surface area (Å²) < 4.78 is 0. The molecular formula is C17H16N2O. The molecule has 20 heavy (non-hydrogen) atoms. The van der Waals surface area contributed by atoms with Crippen LogP contribution in [0.15, 0.2) is 67.0 Å². The van der Waals surface area contributed by atoms with Gasteiger partial charge in [0, 0.05) is 29.0 Å². The molecule has 0 aliphatic heterocycles. The molecule has 0 bridgehead atoms. The van der Waals surface area contributed by atoms with Crippen LogP contribution in [0.25, 0.3) is 10.8 Å². The van der Waals surface area contributed by atoms with Crippen LogP contribution in [0, 0.1) is 0 Å². The van der Waals surface area contributed by atoms with Gasteiger partial charge in [-0.3, -0.25) is 4.98 Å². The second-order valence-electron chi connectivity index (χ2n) is 4.70. The van der Waals surface area contributed by atoms with Crippen LogP contribution in [0.4, 0.5) is 5.69 Å². The molecule has 1 heterocycles. The van der Waals surface area contributed by atoms with Gasteiger partial charge in [0.1, 0.15) is 0 Å². The van der Waals surface area contributed by atoms with Crippen molar-refractivity contribution in [3.63, 3.8) is 0 Å². The molecule has 0 saturated heterocycles. The molecule has 3 aromatic rings. The number of hydrogen-bond acceptors (Lipinski definition) is 3. The summed E-state index contributed by atoms with van der Waals surface area (Å²) in [7, 11) is 0. The number of anilines is 1. The first-order chi connectivity index (χ1) is 9.88. The van der Waals surface area contributed by atoms with Gasteiger partial charge in [-0.15, -0.1) is 0 Å². The van der Waals surface area contributed by atoms with Crippen molar-refractivity contribution < 1.29 is 5.11 Å². The van der Waals surface area contributed by atoms with Crippen molar-refractivity contribution in [1.29, 1.82) is 0 Å². The first-order valence-electron chi connectivity index (χ1n) is 6.63. The maximum atomic E-state index is 9.71. The van der Waals surface area contributed by atoms with E-state index in [2.05, 4.69) is 16.4 Å². The minimum atomic E-state index is -0.170. The number of aromatic nitrogens is 1. The third kappa shape index (κ3) is 2.49. The van der Waals surface area contributed by atoms with Gasteiger partial charge in [-0.1, -0.05) is 42.5 Å². The molecule has 3 heteroatoms. The van der Waals surface area contributed by atoms with Gasteiger partial charge in [0.2, 0.25) is 0 Å². The van der Waals surface area contributed by atoms with Crippen LogP contribution < -0.4 is 5.32 Å². The zero-order valence-electron chi connectivity index (χ0n) is 11.0. The monoisotopic (exact) mass is 264 g/mol. The molecule has 1 aromatic heterocycles. The third-order valence-corrected chi connectivity index (χ3v) is 3.37. The van der Waals surface area contributed by atoms with Gasteiger partial charge in [0.15, 0.2) is 0 Å². The average molecular weight is 264 g/mol. The third-order valence-electron chi connectivity index (χ3n) is 3.37. The van der Waals surface area contributed by atoms with Crippen molar-refractivity contribution in [2.75, 3.05) is 11.9 Å². The topological polar surface area (TPSA) is 45.1 Å².